The largest absolute Gasteiger partial charge is 0.322 e. The molecule has 1 saturated heterocycles. The number of carbonyl (C=O) groups excluding carboxylic acids is 1. The van der Waals surface area contributed by atoms with E-state index in [1.165, 1.54) is 0 Å². The lowest BCUT2D eigenvalue weighted by atomic mass is 10.0. The number of hydrogen-bond donors (Lipinski definition) is 2. The van der Waals surface area contributed by atoms with E-state index in [1.54, 1.807) is 29.3 Å². The van der Waals surface area contributed by atoms with Gasteiger partial charge in [-0.25, -0.2) is 9.67 Å². The van der Waals surface area contributed by atoms with Crippen LogP contribution in [0.4, 0.5) is 5.69 Å². The van der Waals surface area contributed by atoms with Gasteiger partial charge in [0.05, 0.1) is 11.7 Å². The molecule has 1 fully saturated rings. The average Bonchev–Trinajstić information content (AvgIpc) is 3.03. The first-order valence-corrected chi connectivity index (χ1v) is 6.84. The third-order valence-corrected chi connectivity index (χ3v) is 3.39. The molecule has 3 rings (SSSR count). The molecule has 2 aromatic heterocycles. The summed E-state index contributed by atoms with van der Waals surface area (Å²) >= 11 is 0. The smallest absolute Gasteiger partial charge is 0.241 e. The van der Waals surface area contributed by atoms with Gasteiger partial charge in [-0.15, -0.1) is 0 Å². The topological polar surface area (TPSA) is 71.8 Å². The van der Waals surface area contributed by atoms with E-state index in [9.17, 15) is 4.79 Å². The first-order chi connectivity index (χ1) is 9.84. The summed E-state index contributed by atoms with van der Waals surface area (Å²) in [5, 5.41) is 10.3. The molecule has 0 aromatic carbocycles. The highest BCUT2D eigenvalue weighted by Gasteiger charge is 2.21. The van der Waals surface area contributed by atoms with E-state index in [4.69, 9.17) is 0 Å². The predicted octanol–water partition coefficient (Wildman–Crippen LogP) is 1.35. The maximum atomic E-state index is 12.3. The molecule has 6 heteroatoms. The van der Waals surface area contributed by atoms with Crippen molar-refractivity contribution in [3.05, 3.63) is 36.8 Å². The third kappa shape index (κ3) is 2.70. The van der Waals surface area contributed by atoms with Gasteiger partial charge in [0.15, 0.2) is 5.82 Å². The number of amides is 1. The molecular weight excluding hydrogens is 254 g/mol. The summed E-state index contributed by atoms with van der Waals surface area (Å²) in [4.78, 5) is 16.5. The van der Waals surface area contributed by atoms with Crippen LogP contribution >= 0.6 is 0 Å². The van der Waals surface area contributed by atoms with Crippen LogP contribution in [0.1, 0.15) is 19.3 Å². The molecule has 0 aliphatic carbocycles. The fourth-order valence-corrected chi connectivity index (χ4v) is 2.37. The zero-order chi connectivity index (χ0) is 13.8. The van der Waals surface area contributed by atoms with Crippen LogP contribution in [-0.4, -0.2) is 33.3 Å². The zero-order valence-electron chi connectivity index (χ0n) is 11.1. The number of carbonyl (C=O) groups is 1. The molecule has 0 unspecified atom stereocenters. The van der Waals surface area contributed by atoms with E-state index in [0.717, 1.165) is 25.8 Å². The van der Waals surface area contributed by atoms with E-state index in [1.807, 2.05) is 12.1 Å². The van der Waals surface area contributed by atoms with Crippen molar-refractivity contribution in [2.24, 2.45) is 0 Å². The number of nitrogens with one attached hydrogen (secondary N) is 2. The molecule has 3 heterocycles. The minimum Gasteiger partial charge on any atom is -0.322 e. The normalized spacial score (nSPS) is 18.7. The number of aromatic nitrogens is 3. The van der Waals surface area contributed by atoms with Crippen LogP contribution in [0.5, 0.6) is 0 Å². The molecule has 1 amide bonds. The molecule has 6 nitrogen and oxygen atoms in total. The van der Waals surface area contributed by atoms with Gasteiger partial charge in [0.25, 0.3) is 0 Å². The van der Waals surface area contributed by atoms with Crippen LogP contribution in [0.25, 0.3) is 5.82 Å². The van der Waals surface area contributed by atoms with E-state index in [0.29, 0.717) is 11.5 Å². The molecule has 0 saturated carbocycles. The summed E-state index contributed by atoms with van der Waals surface area (Å²) < 4.78 is 1.64. The standard InChI is InChI=1S/C14H17N5O/c20-14(12-5-1-2-7-15-12)18-11-6-3-8-16-13(11)19-10-4-9-17-19/h3-4,6,8-10,12,15H,1-2,5,7H2,(H,18,20)/t12-/m1/s1. The molecule has 1 atom stereocenters. The van der Waals surface area contributed by atoms with Gasteiger partial charge in [0.1, 0.15) is 0 Å². The number of pyridine rings is 1. The van der Waals surface area contributed by atoms with Crippen LogP contribution in [0, 0.1) is 0 Å². The highest BCUT2D eigenvalue weighted by molar-refractivity contribution is 5.96. The predicted molar refractivity (Wildman–Crippen MR) is 75.6 cm³/mol. The number of anilines is 1. The van der Waals surface area contributed by atoms with Crippen LogP contribution in [0.3, 0.4) is 0 Å². The fraction of sp³-hybridized carbons (Fsp3) is 0.357. The summed E-state index contributed by atoms with van der Waals surface area (Å²) in [5.41, 5.74) is 0.675. The minimum atomic E-state index is -0.116. The highest BCUT2D eigenvalue weighted by atomic mass is 16.2. The van der Waals surface area contributed by atoms with Gasteiger partial charge in [-0.3, -0.25) is 4.79 Å². The number of nitrogens with zero attached hydrogens (tertiary/aromatic N) is 3. The van der Waals surface area contributed by atoms with Crippen LogP contribution in [0.15, 0.2) is 36.8 Å². The van der Waals surface area contributed by atoms with Crippen molar-refractivity contribution in [2.45, 2.75) is 25.3 Å². The number of piperidine rings is 1. The minimum absolute atomic E-state index is 0.00824. The van der Waals surface area contributed by atoms with Crippen LogP contribution in [0.2, 0.25) is 0 Å². The summed E-state index contributed by atoms with van der Waals surface area (Å²) in [7, 11) is 0. The molecule has 0 bridgehead atoms. The second kappa shape index (κ2) is 5.83. The van der Waals surface area contributed by atoms with Gasteiger partial charge >= 0.3 is 0 Å². The van der Waals surface area contributed by atoms with Gasteiger partial charge < -0.3 is 10.6 Å². The maximum absolute atomic E-state index is 12.3. The zero-order valence-corrected chi connectivity index (χ0v) is 11.1. The molecule has 1 aliphatic rings. The summed E-state index contributed by atoms with van der Waals surface area (Å²) in [5.74, 6) is 0.618. The second-order valence-corrected chi connectivity index (χ2v) is 4.82. The lowest BCUT2D eigenvalue weighted by molar-refractivity contribution is -0.118. The van der Waals surface area contributed by atoms with Crippen LogP contribution < -0.4 is 10.6 Å². The molecule has 20 heavy (non-hydrogen) atoms. The van der Waals surface area contributed by atoms with Crippen molar-refractivity contribution >= 4 is 11.6 Å². The van der Waals surface area contributed by atoms with E-state index >= 15 is 0 Å². The Bertz CT molecular complexity index is 575. The molecule has 2 aromatic rings. The highest BCUT2D eigenvalue weighted by Crippen LogP contribution is 2.17. The van der Waals surface area contributed by atoms with Gasteiger partial charge in [-0.1, -0.05) is 6.42 Å². The number of rotatable bonds is 3. The Kier molecular flexibility index (Phi) is 3.73. The average molecular weight is 271 g/mol. The lowest BCUT2D eigenvalue weighted by Gasteiger charge is -2.22. The second-order valence-electron chi connectivity index (χ2n) is 4.82. The van der Waals surface area contributed by atoms with Crippen molar-refractivity contribution in [3.8, 4) is 5.82 Å². The van der Waals surface area contributed by atoms with Crippen molar-refractivity contribution in [1.82, 2.24) is 20.1 Å². The Hall–Kier alpha value is -2.21. The Morgan fingerprint density at radius 2 is 2.30 bits per heavy atom. The Morgan fingerprint density at radius 1 is 1.35 bits per heavy atom. The lowest BCUT2D eigenvalue weighted by Crippen LogP contribution is -2.43. The van der Waals surface area contributed by atoms with Gasteiger partial charge in [0.2, 0.25) is 5.91 Å². The van der Waals surface area contributed by atoms with Gasteiger partial charge in [-0.2, -0.15) is 5.10 Å². The summed E-state index contributed by atoms with van der Waals surface area (Å²) in [6.07, 6.45) is 8.27. The molecule has 104 valence electrons. The van der Waals surface area contributed by atoms with Crippen molar-refractivity contribution in [1.29, 1.82) is 0 Å². The van der Waals surface area contributed by atoms with Crippen molar-refractivity contribution < 1.29 is 4.79 Å². The monoisotopic (exact) mass is 271 g/mol. The molecule has 1 aliphatic heterocycles. The first-order valence-electron chi connectivity index (χ1n) is 6.84. The molecule has 0 spiro atoms. The summed E-state index contributed by atoms with van der Waals surface area (Å²) in [6.45, 7) is 0.900. The van der Waals surface area contributed by atoms with Crippen LogP contribution in [-0.2, 0) is 4.79 Å². The van der Waals surface area contributed by atoms with Crippen molar-refractivity contribution in [2.75, 3.05) is 11.9 Å². The first kappa shape index (κ1) is 12.8. The van der Waals surface area contributed by atoms with Gasteiger partial charge in [0, 0.05) is 18.6 Å². The Balaban J connectivity index is 1.79. The molecule has 0 radical (unpaired) electrons. The quantitative estimate of drug-likeness (QED) is 0.884. The van der Waals surface area contributed by atoms with E-state index < -0.39 is 0 Å². The van der Waals surface area contributed by atoms with Gasteiger partial charge in [-0.05, 0) is 37.6 Å². The number of hydrogen-bond acceptors (Lipinski definition) is 4. The van der Waals surface area contributed by atoms with E-state index in [2.05, 4.69) is 20.7 Å². The van der Waals surface area contributed by atoms with E-state index in [-0.39, 0.29) is 11.9 Å². The van der Waals surface area contributed by atoms with Crippen molar-refractivity contribution in [3.63, 3.8) is 0 Å². The Morgan fingerprint density at radius 3 is 3.05 bits per heavy atom. The maximum Gasteiger partial charge on any atom is 0.241 e. The Labute approximate surface area is 117 Å². The molecular formula is C14H17N5O. The third-order valence-electron chi connectivity index (χ3n) is 3.39. The fourth-order valence-electron chi connectivity index (χ4n) is 2.37. The summed E-state index contributed by atoms with van der Waals surface area (Å²) in [6, 6.07) is 5.35. The SMILES string of the molecule is O=C(Nc1cccnc1-n1cccn1)[C@H]1CCCCN1. The molecule has 2 N–H and O–H groups in total.